The molecule has 0 spiro atoms. The monoisotopic (exact) mass is 239 g/mol. The van der Waals surface area contributed by atoms with Crippen molar-refractivity contribution in [2.45, 2.75) is 38.6 Å². The van der Waals surface area contributed by atoms with Crippen LogP contribution in [0.4, 0.5) is 0 Å². The summed E-state index contributed by atoms with van der Waals surface area (Å²) in [6.07, 6.45) is 5.68. The van der Waals surface area contributed by atoms with E-state index in [-0.39, 0.29) is 0 Å². The van der Waals surface area contributed by atoms with E-state index in [0.29, 0.717) is 6.04 Å². The highest BCUT2D eigenvalue weighted by Gasteiger charge is 2.23. The topological polar surface area (TPSA) is 18.5 Å². The Morgan fingerprint density at radius 3 is 2.29 bits per heavy atom. The molecule has 2 fully saturated rings. The summed E-state index contributed by atoms with van der Waals surface area (Å²) in [5.74, 6) is 0.967. The summed E-state index contributed by atoms with van der Waals surface area (Å²) < 4.78 is 0. The number of hydrogen-bond acceptors (Lipinski definition) is 3. The van der Waals surface area contributed by atoms with E-state index in [0.717, 1.165) is 5.92 Å². The van der Waals surface area contributed by atoms with Gasteiger partial charge in [-0.1, -0.05) is 0 Å². The summed E-state index contributed by atoms with van der Waals surface area (Å²) in [7, 11) is 2.06. The molecular weight excluding hydrogens is 210 g/mol. The van der Waals surface area contributed by atoms with E-state index in [1.807, 2.05) is 0 Å². The molecule has 17 heavy (non-hydrogen) atoms. The lowest BCUT2D eigenvalue weighted by atomic mass is 9.96. The van der Waals surface area contributed by atoms with E-state index >= 15 is 0 Å². The number of rotatable bonds is 5. The van der Waals surface area contributed by atoms with E-state index in [2.05, 4.69) is 29.1 Å². The summed E-state index contributed by atoms with van der Waals surface area (Å²) >= 11 is 0. The van der Waals surface area contributed by atoms with E-state index in [4.69, 9.17) is 0 Å². The molecule has 0 amide bonds. The minimum absolute atomic E-state index is 0.630. The molecule has 0 aliphatic carbocycles. The first-order valence-corrected chi connectivity index (χ1v) is 7.40. The third kappa shape index (κ3) is 4.23. The van der Waals surface area contributed by atoms with Crippen molar-refractivity contribution in [2.24, 2.45) is 5.92 Å². The molecule has 0 radical (unpaired) electrons. The van der Waals surface area contributed by atoms with Gasteiger partial charge in [0, 0.05) is 19.1 Å². The van der Waals surface area contributed by atoms with Crippen molar-refractivity contribution >= 4 is 0 Å². The molecule has 2 saturated heterocycles. The van der Waals surface area contributed by atoms with Crippen LogP contribution in [0.1, 0.15) is 32.6 Å². The average molecular weight is 239 g/mol. The lowest BCUT2D eigenvalue weighted by Crippen LogP contribution is -2.43. The van der Waals surface area contributed by atoms with Gasteiger partial charge < -0.3 is 15.1 Å². The van der Waals surface area contributed by atoms with Crippen molar-refractivity contribution < 1.29 is 0 Å². The first-order valence-electron chi connectivity index (χ1n) is 7.40. The van der Waals surface area contributed by atoms with Gasteiger partial charge in [-0.05, 0) is 71.8 Å². The molecule has 0 aromatic rings. The van der Waals surface area contributed by atoms with Crippen molar-refractivity contribution in [2.75, 3.05) is 46.3 Å². The number of likely N-dealkylation sites (tertiary alicyclic amines) is 2. The summed E-state index contributed by atoms with van der Waals surface area (Å²) in [6.45, 7) is 10.2. The molecular formula is C14H29N3. The van der Waals surface area contributed by atoms with Gasteiger partial charge in [0.05, 0.1) is 0 Å². The third-order valence-corrected chi connectivity index (χ3v) is 4.45. The quantitative estimate of drug-likeness (QED) is 0.782. The van der Waals surface area contributed by atoms with Crippen LogP contribution < -0.4 is 5.32 Å². The molecule has 2 heterocycles. The Morgan fingerprint density at radius 2 is 1.71 bits per heavy atom. The standard InChI is InChI=1S/C14H29N3/c1-13(15-2)11-17-9-5-14(6-10-17)12-16-7-3-4-8-16/h13-15H,3-12H2,1-2H3. The van der Waals surface area contributed by atoms with Crippen molar-refractivity contribution in [1.82, 2.24) is 15.1 Å². The second-order valence-electron chi connectivity index (χ2n) is 5.94. The molecule has 0 aromatic heterocycles. The number of nitrogens with one attached hydrogen (secondary N) is 1. The van der Waals surface area contributed by atoms with Crippen LogP contribution in [0.3, 0.4) is 0 Å². The zero-order chi connectivity index (χ0) is 12.1. The number of piperidine rings is 1. The van der Waals surface area contributed by atoms with Gasteiger partial charge >= 0.3 is 0 Å². The molecule has 1 unspecified atom stereocenters. The van der Waals surface area contributed by atoms with Crippen LogP contribution in [-0.4, -0.2) is 62.2 Å². The van der Waals surface area contributed by atoms with Crippen LogP contribution in [0, 0.1) is 5.92 Å². The molecule has 3 heteroatoms. The maximum Gasteiger partial charge on any atom is 0.0163 e. The van der Waals surface area contributed by atoms with Gasteiger partial charge in [-0.15, -0.1) is 0 Å². The highest BCUT2D eigenvalue weighted by molar-refractivity contribution is 4.78. The number of hydrogen-bond donors (Lipinski definition) is 1. The van der Waals surface area contributed by atoms with Crippen molar-refractivity contribution in [3.8, 4) is 0 Å². The first-order chi connectivity index (χ1) is 8.28. The average Bonchev–Trinajstić information content (AvgIpc) is 2.84. The van der Waals surface area contributed by atoms with Gasteiger partial charge in [0.15, 0.2) is 0 Å². The van der Waals surface area contributed by atoms with E-state index in [1.165, 1.54) is 65.0 Å². The summed E-state index contributed by atoms with van der Waals surface area (Å²) in [5.41, 5.74) is 0. The Morgan fingerprint density at radius 1 is 1.06 bits per heavy atom. The maximum absolute atomic E-state index is 3.33. The predicted molar refractivity (Wildman–Crippen MR) is 73.4 cm³/mol. The largest absolute Gasteiger partial charge is 0.316 e. The lowest BCUT2D eigenvalue weighted by molar-refractivity contribution is 0.146. The number of likely N-dealkylation sites (N-methyl/N-ethyl adjacent to an activating group) is 1. The number of nitrogens with zero attached hydrogens (tertiary/aromatic N) is 2. The summed E-state index contributed by atoms with van der Waals surface area (Å²) in [5, 5.41) is 3.33. The molecule has 100 valence electrons. The van der Waals surface area contributed by atoms with Crippen LogP contribution in [0.2, 0.25) is 0 Å². The molecule has 0 bridgehead atoms. The van der Waals surface area contributed by atoms with Crippen molar-refractivity contribution in [3.63, 3.8) is 0 Å². The zero-order valence-corrected chi connectivity index (χ0v) is 11.6. The Labute approximate surface area is 107 Å². The van der Waals surface area contributed by atoms with Gasteiger partial charge in [0.2, 0.25) is 0 Å². The first kappa shape index (κ1) is 13.3. The van der Waals surface area contributed by atoms with Gasteiger partial charge in [-0.25, -0.2) is 0 Å². The second kappa shape index (κ2) is 6.72. The van der Waals surface area contributed by atoms with Crippen LogP contribution in [-0.2, 0) is 0 Å². The van der Waals surface area contributed by atoms with Crippen molar-refractivity contribution in [3.05, 3.63) is 0 Å². The van der Waals surface area contributed by atoms with Crippen LogP contribution in [0.25, 0.3) is 0 Å². The molecule has 1 atom stereocenters. The van der Waals surface area contributed by atoms with Gasteiger partial charge in [-0.2, -0.15) is 0 Å². The van der Waals surface area contributed by atoms with E-state index in [9.17, 15) is 0 Å². The lowest BCUT2D eigenvalue weighted by Gasteiger charge is -2.35. The highest BCUT2D eigenvalue weighted by atomic mass is 15.2. The van der Waals surface area contributed by atoms with Crippen LogP contribution in [0.15, 0.2) is 0 Å². The normalized spacial score (nSPS) is 26.5. The minimum Gasteiger partial charge on any atom is -0.316 e. The van der Waals surface area contributed by atoms with Crippen molar-refractivity contribution in [1.29, 1.82) is 0 Å². The Kier molecular flexibility index (Phi) is 5.26. The smallest absolute Gasteiger partial charge is 0.0163 e. The van der Waals surface area contributed by atoms with Crippen LogP contribution in [0.5, 0.6) is 0 Å². The third-order valence-electron chi connectivity index (χ3n) is 4.45. The molecule has 2 aliphatic heterocycles. The molecule has 0 saturated carbocycles. The second-order valence-corrected chi connectivity index (χ2v) is 5.94. The Hall–Kier alpha value is -0.120. The predicted octanol–water partition coefficient (Wildman–Crippen LogP) is 1.40. The van der Waals surface area contributed by atoms with E-state index < -0.39 is 0 Å². The maximum atomic E-state index is 3.33. The Balaban J connectivity index is 1.63. The molecule has 1 N–H and O–H groups in total. The highest BCUT2D eigenvalue weighted by Crippen LogP contribution is 2.20. The molecule has 2 aliphatic rings. The Bertz CT molecular complexity index is 206. The summed E-state index contributed by atoms with van der Waals surface area (Å²) in [6, 6.07) is 0.630. The van der Waals surface area contributed by atoms with Gasteiger partial charge in [0.1, 0.15) is 0 Å². The summed E-state index contributed by atoms with van der Waals surface area (Å²) in [4.78, 5) is 5.30. The molecule has 0 aromatic carbocycles. The van der Waals surface area contributed by atoms with Gasteiger partial charge in [-0.3, -0.25) is 0 Å². The SMILES string of the molecule is CNC(C)CN1CCC(CN2CCCC2)CC1. The van der Waals surface area contributed by atoms with E-state index in [1.54, 1.807) is 0 Å². The zero-order valence-electron chi connectivity index (χ0n) is 11.6. The fourth-order valence-electron chi connectivity index (χ4n) is 3.16. The fraction of sp³-hybridized carbons (Fsp3) is 1.00. The molecule has 2 rings (SSSR count). The fourth-order valence-corrected chi connectivity index (χ4v) is 3.16. The molecule has 3 nitrogen and oxygen atoms in total. The minimum atomic E-state index is 0.630. The van der Waals surface area contributed by atoms with Crippen LogP contribution >= 0.6 is 0 Å². The van der Waals surface area contributed by atoms with Gasteiger partial charge in [0.25, 0.3) is 0 Å².